The van der Waals surface area contributed by atoms with Gasteiger partial charge in [-0.05, 0) is 18.2 Å². The summed E-state index contributed by atoms with van der Waals surface area (Å²) in [4.78, 5) is 18.7. The first-order valence-corrected chi connectivity index (χ1v) is 9.29. The average Bonchev–Trinajstić information content (AvgIpc) is 2.78. The SMILES string of the molecule is COc1cc2[nH]ccc(=O)c2cc1OC.COc1cc2nccc(Cl)c2cc1OC. The normalized spacial score (nSPS) is 10.3. The van der Waals surface area contributed by atoms with Gasteiger partial charge in [0.1, 0.15) is 0 Å². The minimum Gasteiger partial charge on any atom is -0.493 e. The third-order valence-corrected chi connectivity index (χ3v) is 4.79. The van der Waals surface area contributed by atoms with Crippen molar-refractivity contribution in [3.05, 3.63) is 64.0 Å². The van der Waals surface area contributed by atoms with Crippen LogP contribution in [-0.2, 0) is 0 Å². The van der Waals surface area contributed by atoms with E-state index in [1.807, 2.05) is 6.07 Å². The number of aromatic amines is 1. The first-order chi connectivity index (χ1) is 14.5. The van der Waals surface area contributed by atoms with Crippen LogP contribution in [0.1, 0.15) is 0 Å². The number of ether oxygens (including phenoxy) is 4. The van der Waals surface area contributed by atoms with Gasteiger partial charge in [0.2, 0.25) is 0 Å². The fourth-order valence-corrected chi connectivity index (χ4v) is 3.15. The molecule has 0 bridgehead atoms. The zero-order valence-electron chi connectivity index (χ0n) is 17.0. The number of H-pyrrole nitrogens is 1. The Balaban J connectivity index is 0.000000171. The minimum atomic E-state index is -0.0373. The van der Waals surface area contributed by atoms with E-state index in [-0.39, 0.29) is 5.43 Å². The second-order valence-corrected chi connectivity index (χ2v) is 6.52. The van der Waals surface area contributed by atoms with Gasteiger partial charge in [-0.2, -0.15) is 0 Å². The lowest BCUT2D eigenvalue weighted by Gasteiger charge is -2.09. The summed E-state index contributed by atoms with van der Waals surface area (Å²) in [6.45, 7) is 0. The van der Waals surface area contributed by atoms with E-state index < -0.39 is 0 Å². The van der Waals surface area contributed by atoms with Crippen LogP contribution in [-0.4, -0.2) is 38.4 Å². The fraction of sp³-hybridized carbons (Fsp3) is 0.182. The quantitative estimate of drug-likeness (QED) is 0.517. The topological polar surface area (TPSA) is 82.7 Å². The van der Waals surface area contributed by atoms with Crippen LogP contribution in [0.25, 0.3) is 21.8 Å². The van der Waals surface area contributed by atoms with Gasteiger partial charge in [0.25, 0.3) is 0 Å². The number of nitrogens with zero attached hydrogens (tertiary/aromatic N) is 1. The van der Waals surface area contributed by atoms with Crippen LogP contribution in [0, 0.1) is 0 Å². The molecule has 0 radical (unpaired) electrons. The van der Waals surface area contributed by atoms with Gasteiger partial charge in [0.15, 0.2) is 28.4 Å². The van der Waals surface area contributed by atoms with Crippen LogP contribution in [0.3, 0.4) is 0 Å². The molecule has 4 aromatic rings. The largest absolute Gasteiger partial charge is 0.493 e. The van der Waals surface area contributed by atoms with Crippen molar-refractivity contribution in [1.29, 1.82) is 0 Å². The van der Waals surface area contributed by atoms with Crippen molar-refractivity contribution in [2.75, 3.05) is 28.4 Å². The van der Waals surface area contributed by atoms with Gasteiger partial charge in [0, 0.05) is 41.4 Å². The summed E-state index contributed by atoms with van der Waals surface area (Å²) in [5.41, 5.74) is 1.49. The molecule has 0 spiro atoms. The number of fused-ring (bicyclic) bond motifs is 2. The van der Waals surface area contributed by atoms with Crippen LogP contribution in [0.15, 0.2) is 53.6 Å². The van der Waals surface area contributed by atoms with E-state index in [0.717, 1.165) is 16.4 Å². The summed E-state index contributed by atoms with van der Waals surface area (Å²) < 4.78 is 20.6. The smallest absolute Gasteiger partial charge is 0.189 e. The number of pyridine rings is 2. The summed E-state index contributed by atoms with van der Waals surface area (Å²) in [6.07, 6.45) is 3.27. The number of benzene rings is 2. The highest BCUT2D eigenvalue weighted by molar-refractivity contribution is 6.35. The first kappa shape index (κ1) is 21.3. The second kappa shape index (κ2) is 9.37. The molecule has 0 saturated carbocycles. The summed E-state index contributed by atoms with van der Waals surface area (Å²) >= 11 is 6.05. The molecule has 8 heteroatoms. The van der Waals surface area contributed by atoms with Gasteiger partial charge in [-0.3, -0.25) is 9.78 Å². The Kier molecular flexibility index (Phi) is 6.64. The molecule has 0 atom stereocenters. The second-order valence-electron chi connectivity index (χ2n) is 6.11. The Morgan fingerprint density at radius 3 is 2.00 bits per heavy atom. The van der Waals surface area contributed by atoms with Gasteiger partial charge in [-0.25, -0.2) is 0 Å². The molecule has 0 saturated heterocycles. The number of nitrogens with one attached hydrogen (secondary N) is 1. The third-order valence-electron chi connectivity index (χ3n) is 4.46. The van der Waals surface area contributed by atoms with Crippen molar-refractivity contribution in [2.45, 2.75) is 0 Å². The van der Waals surface area contributed by atoms with E-state index in [1.54, 1.807) is 65.1 Å². The molecule has 2 heterocycles. The van der Waals surface area contributed by atoms with Gasteiger partial charge in [-0.1, -0.05) is 11.6 Å². The molecule has 0 fully saturated rings. The lowest BCUT2D eigenvalue weighted by molar-refractivity contribution is 0.356. The number of hydrogen-bond donors (Lipinski definition) is 1. The molecular weight excluding hydrogens is 408 g/mol. The molecule has 2 aromatic carbocycles. The molecule has 7 nitrogen and oxygen atoms in total. The molecule has 0 unspecified atom stereocenters. The van der Waals surface area contributed by atoms with Crippen molar-refractivity contribution >= 4 is 33.4 Å². The maximum atomic E-state index is 11.5. The maximum Gasteiger partial charge on any atom is 0.189 e. The van der Waals surface area contributed by atoms with Gasteiger partial charge in [-0.15, -0.1) is 0 Å². The van der Waals surface area contributed by atoms with E-state index in [1.165, 1.54) is 6.07 Å². The number of aromatic nitrogens is 2. The minimum absolute atomic E-state index is 0.0373. The van der Waals surface area contributed by atoms with E-state index in [4.69, 9.17) is 30.5 Å². The van der Waals surface area contributed by atoms with Crippen LogP contribution < -0.4 is 24.4 Å². The third kappa shape index (κ3) is 4.26. The molecule has 0 amide bonds. The van der Waals surface area contributed by atoms with E-state index in [0.29, 0.717) is 33.4 Å². The van der Waals surface area contributed by atoms with E-state index >= 15 is 0 Å². The Morgan fingerprint density at radius 2 is 1.37 bits per heavy atom. The first-order valence-electron chi connectivity index (χ1n) is 8.92. The van der Waals surface area contributed by atoms with Crippen LogP contribution in [0.4, 0.5) is 0 Å². The predicted molar refractivity (Wildman–Crippen MR) is 118 cm³/mol. The van der Waals surface area contributed by atoms with Gasteiger partial charge < -0.3 is 23.9 Å². The lowest BCUT2D eigenvalue weighted by Crippen LogP contribution is -2.01. The van der Waals surface area contributed by atoms with E-state index in [2.05, 4.69) is 9.97 Å². The highest BCUT2D eigenvalue weighted by Crippen LogP contribution is 2.34. The zero-order chi connectivity index (χ0) is 21.7. The molecule has 0 aliphatic carbocycles. The van der Waals surface area contributed by atoms with Gasteiger partial charge in [0.05, 0.1) is 44.5 Å². The standard InChI is InChI=1S/C11H10ClNO2.C11H11NO3/c1-14-10-5-7-8(12)3-4-13-9(7)6-11(10)15-2;1-14-10-5-7-8(6-11(10)15-2)12-4-3-9(7)13/h3-6H,1-2H3;3-6H,1-2H3,(H,12,13). The zero-order valence-corrected chi connectivity index (χ0v) is 17.7. The van der Waals surface area contributed by atoms with Crippen LogP contribution in [0.2, 0.25) is 5.02 Å². The monoisotopic (exact) mass is 428 g/mol. The molecule has 156 valence electrons. The summed E-state index contributed by atoms with van der Waals surface area (Å²) in [6, 6.07) is 10.3. The summed E-state index contributed by atoms with van der Waals surface area (Å²) in [7, 11) is 6.29. The van der Waals surface area contributed by atoms with Crippen molar-refractivity contribution < 1.29 is 18.9 Å². The summed E-state index contributed by atoms with van der Waals surface area (Å²) in [5, 5.41) is 2.10. The molecule has 2 aromatic heterocycles. The Hall–Kier alpha value is -3.45. The molecule has 4 rings (SSSR count). The highest BCUT2D eigenvalue weighted by Gasteiger charge is 2.09. The Bertz CT molecular complexity index is 1240. The molecular formula is C22H21ClN2O5. The maximum absolute atomic E-state index is 11.5. The van der Waals surface area contributed by atoms with Crippen LogP contribution >= 0.6 is 11.6 Å². The Labute approximate surface area is 178 Å². The fourth-order valence-electron chi connectivity index (χ4n) is 2.94. The number of methoxy groups -OCH3 is 4. The van der Waals surface area contributed by atoms with Crippen molar-refractivity contribution in [3.8, 4) is 23.0 Å². The highest BCUT2D eigenvalue weighted by atomic mass is 35.5. The van der Waals surface area contributed by atoms with E-state index in [9.17, 15) is 4.79 Å². The Morgan fingerprint density at radius 1 is 0.800 bits per heavy atom. The predicted octanol–water partition coefficient (Wildman–Crippen LogP) is 4.45. The van der Waals surface area contributed by atoms with Crippen LogP contribution in [0.5, 0.6) is 23.0 Å². The number of hydrogen-bond acceptors (Lipinski definition) is 6. The number of halogens is 1. The average molecular weight is 429 g/mol. The molecule has 30 heavy (non-hydrogen) atoms. The number of rotatable bonds is 4. The van der Waals surface area contributed by atoms with Gasteiger partial charge >= 0.3 is 0 Å². The molecule has 0 aliphatic rings. The van der Waals surface area contributed by atoms with Crippen molar-refractivity contribution in [3.63, 3.8) is 0 Å². The summed E-state index contributed by atoms with van der Waals surface area (Å²) in [5.74, 6) is 2.47. The lowest BCUT2D eigenvalue weighted by atomic mass is 10.2. The van der Waals surface area contributed by atoms with Crippen molar-refractivity contribution in [1.82, 2.24) is 9.97 Å². The van der Waals surface area contributed by atoms with Crippen molar-refractivity contribution in [2.24, 2.45) is 0 Å². The molecule has 1 N–H and O–H groups in total. The molecule has 0 aliphatic heterocycles.